The Balaban J connectivity index is 1.64. The highest BCUT2D eigenvalue weighted by molar-refractivity contribution is 5.98. The van der Waals surface area contributed by atoms with Crippen molar-refractivity contribution in [3.05, 3.63) is 29.8 Å². The van der Waals surface area contributed by atoms with Gasteiger partial charge in [0.05, 0.1) is 12.6 Å². The molecule has 2 saturated heterocycles. The van der Waals surface area contributed by atoms with Crippen molar-refractivity contribution in [1.82, 2.24) is 9.80 Å². The van der Waals surface area contributed by atoms with Crippen molar-refractivity contribution in [3.8, 4) is 0 Å². The number of carboxylic acid groups (broad SMARTS) is 1. The maximum atomic E-state index is 12.3. The van der Waals surface area contributed by atoms with E-state index >= 15 is 0 Å². The topological polar surface area (TPSA) is 110 Å². The molecule has 2 fully saturated rings. The smallest absolute Gasteiger partial charge is 0.408 e. The van der Waals surface area contributed by atoms with Crippen LogP contribution in [0.15, 0.2) is 24.3 Å². The van der Waals surface area contributed by atoms with Crippen molar-refractivity contribution in [3.63, 3.8) is 0 Å². The second-order valence-electron chi connectivity index (χ2n) is 6.05. The first kappa shape index (κ1) is 16.3. The number of aliphatic hydroxyl groups is 1. The van der Waals surface area contributed by atoms with Crippen LogP contribution in [0.4, 0.5) is 10.5 Å². The highest BCUT2D eigenvalue weighted by Crippen LogP contribution is 2.21. The fourth-order valence-corrected chi connectivity index (χ4v) is 2.90. The van der Waals surface area contributed by atoms with Gasteiger partial charge in [-0.2, -0.15) is 0 Å². The third kappa shape index (κ3) is 3.18. The van der Waals surface area contributed by atoms with Crippen molar-refractivity contribution >= 4 is 23.6 Å². The van der Waals surface area contributed by atoms with Gasteiger partial charge in [-0.15, -0.1) is 0 Å². The number of hydrogen-bond acceptors (Lipinski definition) is 4. The molecule has 3 amide bonds. The zero-order valence-electron chi connectivity index (χ0n) is 13.0. The number of nitrogens with zero attached hydrogens (tertiary/aromatic N) is 2. The number of carbonyl (C=O) groups is 3. The van der Waals surface area contributed by atoms with E-state index in [0.717, 1.165) is 24.4 Å². The number of amides is 3. The molecular weight excluding hydrogens is 314 g/mol. The Hall–Kier alpha value is -2.61. The summed E-state index contributed by atoms with van der Waals surface area (Å²) < 4.78 is 0. The van der Waals surface area contributed by atoms with Crippen LogP contribution in [0.25, 0.3) is 0 Å². The van der Waals surface area contributed by atoms with Gasteiger partial charge in [0.25, 0.3) is 5.91 Å². The molecule has 0 aromatic heterocycles. The Morgan fingerprint density at radius 1 is 1.12 bits per heavy atom. The summed E-state index contributed by atoms with van der Waals surface area (Å²) in [6.45, 7) is 1.47. The van der Waals surface area contributed by atoms with E-state index in [0.29, 0.717) is 11.3 Å². The van der Waals surface area contributed by atoms with Gasteiger partial charge in [0.15, 0.2) is 0 Å². The minimum atomic E-state index is -1.23. The van der Waals surface area contributed by atoms with Gasteiger partial charge in [0, 0.05) is 30.8 Å². The molecule has 1 aromatic rings. The molecule has 0 spiro atoms. The molecule has 3 rings (SSSR count). The third-order valence-electron chi connectivity index (χ3n) is 4.37. The molecule has 2 aliphatic heterocycles. The summed E-state index contributed by atoms with van der Waals surface area (Å²) in [6, 6.07) is 5.58. The summed E-state index contributed by atoms with van der Waals surface area (Å²) in [6.07, 6.45) is -0.979. The van der Waals surface area contributed by atoms with E-state index in [4.69, 9.17) is 5.11 Å². The largest absolute Gasteiger partial charge is 0.465 e. The number of β-amino-alcohol motifs (C(OH)–C–C–N with tert-alkyl or cyclic N) is 1. The summed E-state index contributed by atoms with van der Waals surface area (Å²) in [5.74, 6) is -0.522. The zero-order valence-corrected chi connectivity index (χ0v) is 13.0. The molecule has 24 heavy (non-hydrogen) atoms. The molecule has 2 atom stereocenters. The minimum Gasteiger partial charge on any atom is -0.465 e. The molecule has 0 unspecified atom stereocenters. The first-order valence-corrected chi connectivity index (χ1v) is 7.83. The number of aliphatic hydroxyl groups excluding tert-OH is 1. The quantitative estimate of drug-likeness (QED) is 0.750. The lowest BCUT2D eigenvalue weighted by Gasteiger charge is -2.30. The van der Waals surface area contributed by atoms with Gasteiger partial charge in [-0.1, -0.05) is 0 Å². The van der Waals surface area contributed by atoms with Gasteiger partial charge in [-0.05, 0) is 30.7 Å². The maximum Gasteiger partial charge on any atom is 0.408 e. The van der Waals surface area contributed by atoms with E-state index in [1.54, 1.807) is 29.2 Å². The fraction of sp³-hybridized carbons (Fsp3) is 0.438. The highest BCUT2D eigenvalue weighted by atomic mass is 16.4. The van der Waals surface area contributed by atoms with Crippen molar-refractivity contribution < 1.29 is 24.6 Å². The van der Waals surface area contributed by atoms with E-state index in [1.807, 2.05) is 0 Å². The average Bonchev–Trinajstić information content (AvgIpc) is 2.88. The number of hydrogen-bond donors (Lipinski definition) is 3. The summed E-state index contributed by atoms with van der Waals surface area (Å²) in [5, 5.41) is 21.3. The molecule has 128 valence electrons. The molecule has 0 aliphatic carbocycles. The molecule has 3 N–H and O–H groups in total. The summed E-state index contributed by atoms with van der Waals surface area (Å²) in [4.78, 5) is 38.1. The van der Waals surface area contributed by atoms with E-state index in [1.165, 1.54) is 0 Å². The van der Waals surface area contributed by atoms with Crippen molar-refractivity contribution in [2.45, 2.75) is 25.0 Å². The standard InChI is InChI=1S/C16H19N3O5/c20-12-8-13(19(9-12)16(23)24)14(21)17-11-4-2-10(3-5-11)15(22)18-6-1-7-18/h2-5,12-13,20H,1,6-9H2,(H,17,21)(H,23,24)/t12-,13-/m1/s1. The first-order valence-electron chi connectivity index (χ1n) is 7.83. The summed E-state index contributed by atoms with van der Waals surface area (Å²) in [5.41, 5.74) is 1.03. The molecular formula is C16H19N3O5. The first-order chi connectivity index (χ1) is 11.5. The van der Waals surface area contributed by atoms with E-state index in [-0.39, 0.29) is 18.9 Å². The number of anilines is 1. The Bertz CT molecular complexity index is 656. The van der Waals surface area contributed by atoms with Gasteiger partial charge in [0.1, 0.15) is 6.04 Å². The number of rotatable bonds is 3. The van der Waals surface area contributed by atoms with Crippen molar-refractivity contribution in [2.75, 3.05) is 25.0 Å². The SMILES string of the molecule is O=C(Nc1ccc(C(=O)N2CCC2)cc1)[C@H]1C[C@@H](O)CN1C(=O)O. The Morgan fingerprint density at radius 3 is 2.33 bits per heavy atom. The summed E-state index contributed by atoms with van der Waals surface area (Å²) >= 11 is 0. The predicted octanol–water partition coefficient (Wildman–Crippen LogP) is 0.584. The van der Waals surface area contributed by atoms with Gasteiger partial charge in [-0.25, -0.2) is 4.79 Å². The molecule has 2 heterocycles. The van der Waals surface area contributed by atoms with Crippen LogP contribution in [0.2, 0.25) is 0 Å². The van der Waals surface area contributed by atoms with Crippen molar-refractivity contribution in [2.24, 2.45) is 0 Å². The molecule has 1 aromatic carbocycles. The van der Waals surface area contributed by atoms with Crippen LogP contribution in [0, 0.1) is 0 Å². The van der Waals surface area contributed by atoms with Crippen molar-refractivity contribution in [1.29, 1.82) is 0 Å². The van der Waals surface area contributed by atoms with E-state index in [9.17, 15) is 19.5 Å². The molecule has 0 bridgehead atoms. The number of nitrogens with one attached hydrogen (secondary N) is 1. The molecule has 2 aliphatic rings. The predicted molar refractivity (Wildman–Crippen MR) is 84.7 cm³/mol. The second kappa shape index (κ2) is 6.48. The van der Waals surface area contributed by atoms with Crippen LogP contribution in [-0.4, -0.2) is 69.7 Å². The Labute approximate surface area is 138 Å². The Morgan fingerprint density at radius 2 is 1.79 bits per heavy atom. The lowest BCUT2D eigenvalue weighted by atomic mass is 10.1. The molecule has 8 heteroatoms. The molecule has 8 nitrogen and oxygen atoms in total. The molecule has 0 saturated carbocycles. The van der Waals surface area contributed by atoms with Crippen LogP contribution in [-0.2, 0) is 4.79 Å². The third-order valence-corrected chi connectivity index (χ3v) is 4.37. The fourth-order valence-electron chi connectivity index (χ4n) is 2.90. The van der Waals surface area contributed by atoms with Gasteiger partial charge < -0.3 is 20.4 Å². The normalized spacial score (nSPS) is 22.9. The Kier molecular flexibility index (Phi) is 4.39. The summed E-state index contributed by atoms with van der Waals surface area (Å²) in [7, 11) is 0. The lowest BCUT2D eigenvalue weighted by Crippen LogP contribution is -2.42. The van der Waals surface area contributed by atoms with Crippen LogP contribution >= 0.6 is 0 Å². The van der Waals surface area contributed by atoms with Gasteiger partial charge >= 0.3 is 6.09 Å². The van der Waals surface area contributed by atoms with Crippen LogP contribution in [0.1, 0.15) is 23.2 Å². The number of likely N-dealkylation sites (tertiary alicyclic amines) is 2. The molecule has 0 radical (unpaired) electrons. The van der Waals surface area contributed by atoms with Crippen LogP contribution < -0.4 is 5.32 Å². The number of benzene rings is 1. The average molecular weight is 333 g/mol. The van der Waals surface area contributed by atoms with Crippen LogP contribution in [0.5, 0.6) is 0 Å². The van der Waals surface area contributed by atoms with E-state index < -0.39 is 24.1 Å². The van der Waals surface area contributed by atoms with Crippen LogP contribution in [0.3, 0.4) is 0 Å². The second-order valence-corrected chi connectivity index (χ2v) is 6.05. The lowest BCUT2D eigenvalue weighted by molar-refractivity contribution is -0.120. The minimum absolute atomic E-state index is 0.0323. The van der Waals surface area contributed by atoms with Gasteiger partial charge in [0.2, 0.25) is 5.91 Å². The maximum absolute atomic E-state index is 12.3. The van der Waals surface area contributed by atoms with E-state index in [2.05, 4.69) is 5.32 Å². The monoisotopic (exact) mass is 333 g/mol. The van der Waals surface area contributed by atoms with Gasteiger partial charge in [-0.3, -0.25) is 14.5 Å². The number of carbonyl (C=O) groups excluding carboxylic acids is 2. The highest BCUT2D eigenvalue weighted by Gasteiger charge is 2.39. The zero-order chi connectivity index (χ0) is 17.3.